The van der Waals surface area contributed by atoms with Crippen LogP contribution in [0.4, 0.5) is 0 Å². The molecule has 4 nitrogen and oxygen atoms in total. The molecule has 1 aliphatic rings. The van der Waals surface area contributed by atoms with E-state index in [0.717, 1.165) is 13.1 Å². The van der Waals surface area contributed by atoms with Gasteiger partial charge < -0.3 is 0 Å². The third kappa shape index (κ3) is 3.47. The van der Waals surface area contributed by atoms with Crippen molar-refractivity contribution in [3.63, 3.8) is 0 Å². The van der Waals surface area contributed by atoms with Crippen LogP contribution in [0.25, 0.3) is 0 Å². The third-order valence-electron chi connectivity index (χ3n) is 3.08. The SMILES string of the molecule is CC(C)C(C(=O)NN)N1CCCCCC1. The van der Waals surface area contributed by atoms with E-state index in [0.29, 0.717) is 5.92 Å². The quantitative estimate of drug-likeness (QED) is 0.415. The number of carbonyl (C=O) groups is 1. The number of nitrogens with two attached hydrogens (primary N) is 1. The molecule has 0 bridgehead atoms. The van der Waals surface area contributed by atoms with Crippen molar-refractivity contribution < 1.29 is 4.79 Å². The molecule has 1 saturated heterocycles. The van der Waals surface area contributed by atoms with Gasteiger partial charge in [-0.25, -0.2) is 5.84 Å². The van der Waals surface area contributed by atoms with Crippen molar-refractivity contribution in [1.82, 2.24) is 10.3 Å². The van der Waals surface area contributed by atoms with Crippen LogP contribution in [0.5, 0.6) is 0 Å². The van der Waals surface area contributed by atoms with Crippen LogP contribution < -0.4 is 11.3 Å². The molecular formula is C11H23N3O. The van der Waals surface area contributed by atoms with Gasteiger partial charge in [0, 0.05) is 0 Å². The molecule has 15 heavy (non-hydrogen) atoms. The first kappa shape index (κ1) is 12.5. The van der Waals surface area contributed by atoms with E-state index in [1.165, 1.54) is 25.7 Å². The average molecular weight is 213 g/mol. The third-order valence-corrected chi connectivity index (χ3v) is 3.08. The molecule has 0 spiro atoms. The minimum atomic E-state index is -0.0619. The number of amides is 1. The predicted molar refractivity (Wildman–Crippen MR) is 61.0 cm³/mol. The Bertz CT molecular complexity index is 198. The Morgan fingerprint density at radius 2 is 1.73 bits per heavy atom. The largest absolute Gasteiger partial charge is 0.293 e. The second-order valence-corrected chi connectivity index (χ2v) is 4.65. The number of carbonyl (C=O) groups excluding carboxylic acids is 1. The monoisotopic (exact) mass is 213 g/mol. The second kappa shape index (κ2) is 6.08. The summed E-state index contributed by atoms with van der Waals surface area (Å²) in [6.45, 7) is 6.20. The highest BCUT2D eigenvalue weighted by atomic mass is 16.2. The standard InChI is InChI=1S/C11H23N3O/c1-9(2)10(11(15)13-12)14-7-5-3-4-6-8-14/h9-10H,3-8,12H2,1-2H3,(H,13,15). The van der Waals surface area contributed by atoms with Crippen molar-refractivity contribution >= 4 is 5.91 Å². The van der Waals surface area contributed by atoms with Gasteiger partial charge in [-0.1, -0.05) is 26.7 Å². The lowest BCUT2D eigenvalue weighted by Crippen LogP contribution is -2.52. The molecule has 1 rings (SSSR count). The van der Waals surface area contributed by atoms with Crippen LogP contribution in [0.2, 0.25) is 0 Å². The van der Waals surface area contributed by atoms with Gasteiger partial charge >= 0.3 is 0 Å². The van der Waals surface area contributed by atoms with Gasteiger partial charge in [-0.15, -0.1) is 0 Å². The number of likely N-dealkylation sites (tertiary alicyclic amines) is 1. The molecule has 0 aromatic rings. The van der Waals surface area contributed by atoms with E-state index in [9.17, 15) is 4.79 Å². The Kier molecular flexibility index (Phi) is 5.05. The van der Waals surface area contributed by atoms with E-state index in [2.05, 4.69) is 24.2 Å². The number of nitrogens with zero attached hydrogens (tertiary/aromatic N) is 1. The highest BCUT2D eigenvalue weighted by molar-refractivity contribution is 5.81. The number of hydrazine groups is 1. The topological polar surface area (TPSA) is 58.4 Å². The van der Waals surface area contributed by atoms with Gasteiger partial charge in [0.15, 0.2) is 0 Å². The molecule has 1 unspecified atom stereocenters. The summed E-state index contributed by atoms with van der Waals surface area (Å²) in [5.41, 5.74) is 2.28. The average Bonchev–Trinajstić information content (AvgIpc) is 2.46. The summed E-state index contributed by atoms with van der Waals surface area (Å²) in [7, 11) is 0. The maximum Gasteiger partial charge on any atom is 0.251 e. The summed E-state index contributed by atoms with van der Waals surface area (Å²) in [5.74, 6) is 5.49. The summed E-state index contributed by atoms with van der Waals surface area (Å²) in [4.78, 5) is 14.0. The van der Waals surface area contributed by atoms with E-state index in [1.807, 2.05) is 0 Å². The molecule has 0 aliphatic carbocycles. The van der Waals surface area contributed by atoms with Crippen LogP contribution in [-0.2, 0) is 4.79 Å². The Hall–Kier alpha value is -0.610. The second-order valence-electron chi connectivity index (χ2n) is 4.65. The first-order valence-electron chi connectivity index (χ1n) is 5.91. The summed E-state index contributed by atoms with van der Waals surface area (Å²) >= 11 is 0. The molecule has 4 heteroatoms. The maximum absolute atomic E-state index is 11.7. The van der Waals surface area contributed by atoms with Gasteiger partial charge in [0.1, 0.15) is 0 Å². The van der Waals surface area contributed by atoms with Crippen LogP contribution in [0.1, 0.15) is 39.5 Å². The fourth-order valence-corrected chi connectivity index (χ4v) is 2.35. The molecule has 1 heterocycles. The molecule has 1 fully saturated rings. The Morgan fingerprint density at radius 1 is 1.20 bits per heavy atom. The van der Waals surface area contributed by atoms with Crippen LogP contribution in [0.15, 0.2) is 0 Å². The normalized spacial score (nSPS) is 21.1. The molecular weight excluding hydrogens is 190 g/mol. The van der Waals surface area contributed by atoms with E-state index in [-0.39, 0.29) is 11.9 Å². The Labute approximate surface area is 92.2 Å². The summed E-state index contributed by atoms with van der Waals surface area (Å²) in [5, 5.41) is 0. The van der Waals surface area contributed by atoms with Gasteiger partial charge in [0.05, 0.1) is 6.04 Å². The first-order chi connectivity index (χ1) is 7.16. The van der Waals surface area contributed by atoms with E-state index in [1.54, 1.807) is 0 Å². The van der Waals surface area contributed by atoms with E-state index >= 15 is 0 Å². The van der Waals surface area contributed by atoms with Crippen LogP contribution in [-0.4, -0.2) is 29.9 Å². The minimum absolute atomic E-state index is 0.0492. The molecule has 1 atom stereocenters. The molecule has 0 radical (unpaired) electrons. The summed E-state index contributed by atoms with van der Waals surface area (Å²) < 4.78 is 0. The molecule has 88 valence electrons. The van der Waals surface area contributed by atoms with E-state index < -0.39 is 0 Å². The highest BCUT2D eigenvalue weighted by Crippen LogP contribution is 2.17. The number of hydrogen-bond acceptors (Lipinski definition) is 3. The zero-order valence-electron chi connectivity index (χ0n) is 9.83. The fourth-order valence-electron chi connectivity index (χ4n) is 2.35. The zero-order chi connectivity index (χ0) is 11.3. The van der Waals surface area contributed by atoms with Crippen molar-refractivity contribution in [3.8, 4) is 0 Å². The van der Waals surface area contributed by atoms with Gasteiger partial charge in [0.2, 0.25) is 0 Å². The maximum atomic E-state index is 11.7. The fraction of sp³-hybridized carbons (Fsp3) is 0.909. The van der Waals surface area contributed by atoms with Gasteiger partial charge in [-0.2, -0.15) is 0 Å². The number of nitrogens with one attached hydrogen (secondary N) is 1. The highest BCUT2D eigenvalue weighted by Gasteiger charge is 2.28. The van der Waals surface area contributed by atoms with Crippen molar-refractivity contribution in [3.05, 3.63) is 0 Å². The predicted octanol–water partition coefficient (Wildman–Crippen LogP) is 0.877. The van der Waals surface area contributed by atoms with Crippen molar-refractivity contribution in [1.29, 1.82) is 0 Å². The Balaban J connectivity index is 2.64. The van der Waals surface area contributed by atoms with Crippen molar-refractivity contribution in [2.45, 2.75) is 45.6 Å². The lowest BCUT2D eigenvalue weighted by molar-refractivity contribution is -0.128. The van der Waals surface area contributed by atoms with Crippen molar-refractivity contribution in [2.75, 3.05) is 13.1 Å². The number of hydrogen-bond donors (Lipinski definition) is 2. The lowest BCUT2D eigenvalue weighted by Gasteiger charge is -2.31. The van der Waals surface area contributed by atoms with Crippen LogP contribution in [0.3, 0.4) is 0 Å². The van der Waals surface area contributed by atoms with Gasteiger partial charge in [-0.05, 0) is 31.8 Å². The molecule has 1 amide bonds. The zero-order valence-corrected chi connectivity index (χ0v) is 9.83. The molecule has 0 saturated carbocycles. The van der Waals surface area contributed by atoms with Gasteiger partial charge in [-0.3, -0.25) is 15.1 Å². The summed E-state index contributed by atoms with van der Waals surface area (Å²) in [6, 6.07) is -0.0619. The molecule has 0 aromatic heterocycles. The smallest absolute Gasteiger partial charge is 0.251 e. The molecule has 1 aliphatic heterocycles. The lowest BCUT2D eigenvalue weighted by atomic mass is 10.0. The summed E-state index contributed by atoms with van der Waals surface area (Å²) in [6.07, 6.45) is 4.96. The molecule has 3 N–H and O–H groups in total. The number of rotatable bonds is 3. The van der Waals surface area contributed by atoms with Crippen molar-refractivity contribution in [2.24, 2.45) is 11.8 Å². The van der Waals surface area contributed by atoms with Crippen LogP contribution >= 0.6 is 0 Å². The minimum Gasteiger partial charge on any atom is -0.293 e. The first-order valence-corrected chi connectivity index (χ1v) is 5.91. The van der Waals surface area contributed by atoms with Crippen LogP contribution in [0, 0.1) is 5.92 Å². The Morgan fingerprint density at radius 3 is 2.13 bits per heavy atom. The molecule has 0 aromatic carbocycles. The van der Waals surface area contributed by atoms with Gasteiger partial charge in [0.25, 0.3) is 5.91 Å². The van der Waals surface area contributed by atoms with E-state index in [4.69, 9.17) is 5.84 Å².